The predicted molar refractivity (Wildman–Crippen MR) is 129 cm³/mol. The summed E-state index contributed by atoms with van der Waals surface area (Å²) in [7, 11) is 0. The average molecular weight is 411 g/mol. The Bertz CT molecular complexity index is 767. The van der Waals surface area contributed by atoms with Crippen molar-refractivity contribution in [2.24, 2.45) is 44.3 Å². The van der Waals surface area contributed by atoms with Crippen LogP contribution in [-0.2, 0) is 0 Å². The van der Waals surface area contributed by atoms with Gasteiger partial charge in [0, 0.05) is 0 Å². The molecule has 0 saturated heterocycles. The summed E-state index contributed by atoms with van der Waals surface area (Å²) >= 11 is 0. The van der Waals surface area contributed by atoms with Crippen LogP contribution in [0, 0.1) is 44.3 Å². The van der Waals surface area contributed by atoms with Crippen LogP contribution in [0.1, 0.15) is 132 Å². The SMILES string of the molecule is CC1(C)CC[C@]2(C)CC[C@]3(C)C4=C(CC[C@@]3(C)[C@@H]2C1)[C@@]1(C)CCCC(C)(C)[C@H]1CC4. The molecule has 3 fully saturated rings. The molecule has 0 radical (unpaired) electrons. The Kier molecular flexibility index (Phi) is 4.46. The fourth-order valence-corrected chi connectivity index (χ4v) is 10.6. The lowest BCUT2D eigenvalue weighted by Crippen LogP contribution is -2.60. The van der Waals surface area contributed by atoms with E-state index >= 15 is 0 Å². The minimum atomic E-state index is 0.452. The van der Waals surface area contributed by atoms with Crippen molar-refractivity contribution in [1.29, 1.82) is 0 Å². The minimum absolute atomic E-state index is 0.452. The van der Waals surface area contributed by atoms with Gasteiger partial charge in [-0.2, -0.15) is 0 Å². The highest BCUT2D eigenvalue weighted by molar-refractivity contribution is 5.38. The van der Waals surface area contributed by atoms with Crippen LogP contribution in [-0.4, -0.2) is 0 Å². The fraction of sp³-hybridized carbons (Fsp3) is 0.933. The summed E-state index contributed by atoms with van der Waals surface area (Å²) in [4.78, 5) is 0. The summed E-state index contributed by atoms with van der Waals surface area (Å²) in [5.41, 5.74) is 7.08. The van der Waals surface area contributed by atoms with Gasteiger partial charge in [0.2, 0.25) is 0 Å². The van der Waals surface area contributed by atoms with E-state index in [4.69, 9.17) is 0 Å². The first-order valence-electron chi connectivity index (χ1n) is 13.5. The van der Waals surface area contributed by atoms with E-state index in [1.807, 2.05) is 11.1 Å². The highest BCUT2D eigenvalue weighted by Gasteiger charge is 2.65. The topological polar surface area (TPSA) is 0 Å². The van der Waals surface area contributed by atoms with Gasteiger partial charge in [-0.25, -0.2) is 0 Å². The zero-order chi connectivity index (χ0) is 21.8. The van der Waals surface area contributed by atoms with Crippen LogP contribution >= 0.6 is 0 Å². The largest absolute Gasteiger partial charge is 0.0642 e. The molecule has 5 rings (SSSR count). The molecule has 0 unspecified atom stereocenters. The fourth-order valence-electron chi connectivity index (χ4n) is 10.6. The third-order valence-electron chi connectivity index (χ3n) is 12.7. The summed E-state index contributed by atoms with van der Waals surface area (Å²) < 4.78 is 0. The van der Waals surface area contributed by atoms with Crippen LogP contribution in [0.25, 0.3) is 0 Å². The van der Waals surface area contributed by atoms with E-state index < -0.39 is 0 Å². The zero-order valence-corrected chi connectivity index (χ0v) is 21.6. The van der Waals surface area contributed by atoms with Crippen LogP contribution in [0.4, 0.5) is 0 Å². The highest BCUT2D eigenvalue weighted by Crippen LogP contribution is 2.75. The van der Waals surface area contributed by atoms with Crippen molar-refractivity contribution in [3.05, 3.63) is 11.1 Å². The van der Waals surface area contributed by atoms with Crippen molar-refractivity contribution in [1.82, 2.24) is 0 Å². The highest BCUT2D eigenvalue weighted by atomic mass is 14.7. The zero-order valence-electron chi connectivity index (χ0n) is 21.6. The lowest BCUT2D eigenvalue weighted by Gasteiger charge is -2.69. The van der Waals surface area contributed by atoms with E-state index in [2.05, 4.69) is 55.4 Å². The summed E-state index contributed by atoms with van der Waals surface area (Å²) in [5, 5.41) is 0. The van der Waals surface area contributed by atoms with Crippen LogP contribution in [0.2, 0.25) is 0 Å². The van der Waals surface area contributed by atoms with Crippen LogP contribution in [0.5, 0.6) is 0 Å². The Morgan fingerprint density at radius 3 is 2.07 bits per heavy atom. The number of hydrogen-bond acceptors (Lipinski definition) is 0. The van der Waals surface area contributed by atoms with Crippen molar-refractivity contribution in [2.45, 2.75) is 132 Å². The van der Waals surface area contributed by atoms with Gasteiger partial charge in [-0.15, -0.1) is 0 Å². The maximum Gasteiger partial charge on any atom is -0.00566 e. The van der Waals surface area contributed by atoms with Gasteiger partial charge in [0.15, 0.2) is 0 Å². The molecule has 3 saturated carbocycles. The van der Waals surface area contributed by atoms with Gasteiger partial charge >= 0.3 is 0 Å². The van der Waals surface area contributed by atoms with Crippen LogP contribution in [0.3, 0.4) is 0 Å². The Balaban J connectivity index is 1.60. The lowest BCUT2D eigenvalue weighted by atomic mass is 9.35. The molecule has 170 valence electrons. The third kappa shape index (κ3) is 2.64. The molecule has 30 heavy (non-hydrogen) atoms. The van der Waals surface area contributed by atoms with Gasteiger partial charge in [0.1, 0.15) is 0 Å². The maximum absolute atomic E-state index is 2.76. The second-order valence-corrected chi connectivity index (χ2v) is 15.1. The second-order valence-electron chi connectivity index (χ2n) is 15.1. The van der Waals surface area contributed by atoms with Crippen molar-refractivity contribution >= 4 is 0 Å². The first-order chi connectivity index (χ1) is 13.8. The van der Waals surface area contributed by atoms with Gasteiger partial charge in [-0.05, 0) is 115 Å². The Hall–Kier alpha value is -0.260. The Morgan fingerprint density at radius 2 is 1.33 bits per heavy atom. The second kappa shape index (κ2) is 6.20. The maximum atomic E-state index is 2.76. The van der Waals surface area contributed by atoms with Gasteiger partial charge in [0.05, 0.1) is 0 Å². The van der Waals surface area contributed by atoms with Crippen molar-refractivity contribution < 1.29 is 0 Å². The third-order valence-corrected chi connectivity index (χ3v) is 12.7. The van der Waals surface area contributed by atoms with Crippen molar-refractivity contribution in [3.63, 3.8) is 0 Å². The number of hydrogen-bond donors (Lipinski definition) is 0. The lowest BCUT2D eigenvalue weighted by molar-refractivity contribution is -0.151. The molecule has 5 aliphatic carbocycles. The molecule has 0 heteroatoms. The van der Waals surface area contributed by atoms with Crippen LogP contribution in [0.15, 0.2) is 11.1 Å². The molecule has 0 aromatic carbocycles. The molecule has 0 amide bonds. The molecule has 0 bridgehead atoms. The molecule has 0 aromatic rings. The van der Waals surface area contributed by atoms with E-state index in [9.17, 15) is 0 Å². The minimum Gasteiger partial charge on any atom is -0.0642 e. The summed E-state index contributed by atoms with van der Waals surface area (Å²) in [6.07, 6.45) is 17.4. The average Bonchev–Trinajstić information content (AvgIpc) is 2.64. The Labute approximate surface area is 188 Å². The molecular weight excluding hydrogens is 360 g/mol. The summed E-state index contributed by atoms with van der Waals surface area (Å²) in [6.45, 7) is 21.2. The van der Waals surface area contributed by atoms with Gasteiger partial charge in [-0.3, -0.25) is 0 Å². The standard InChI is InChI=1S/C30H50/c1-25(2)16-17-27(5)18-19-29(7)22-10-11-23-26(3,4)13-9-14-28(23,6)21(22)12-15-30(29,8)24(27)20-25/h23-24H,9-20H2,1-8H3/t23-,24-,27-,28-,29-,30+/m1/s1. The molecule has 0 spiro atoms. The normalized spacial score (nSPS) is 52.0. The monoisotopic (exact) mass is 410 g/mol. The first-order valence-corrected chi connectivity index (χ1v) is 13.5. The van der Waals surface area contributed by atoms with E-state index in [0.717, 1.165) is 11.8 Å². The van der Waals surface area contributed by atoms with Gasteiger partial charge in [-0.1, -0.05) is 73.0 Å². The molecule has 0 nitrogen and oxygen atoms in total. The number of allylic oxidation sites excluding steroid dienone is 2. The van der Waals surface area contributed by atoms with E-state index in [1.165, 1.54) is 77.0 Å². The van der Waals surface area contributed by atoms with E-state index in [-0.39, 0.29) is 0 Å². The van der Waals surface area contributed by atoms with E-state index in [0.29, 0.717) is 32.5 Å². The number of rotatable bonds is 0. The molecule has 0 aromatic heterocycles. The molecule has 0 heterocycles. The Morgan fingerprint density at radius 1 is 0.633 bits per heavy atom. The number of fused-ring (bicyclic) bond motifs is 6. The molecule has 0 N–H and O–H groups in total. The van der Waals surface area contributed by atoms with Crippen LogP contribution < -0.4 is 0 Å². The first kappa shape index (κ1) is 21.6. The predicted octanol–water partition coefficient (Wildman–Crippen LogP) is 9.34. The molecular formula is C30H50. The quantitative estimate of drug-likeness (QED) is 0.349. The smallest absolute Gasteiger partial charge is 0.00566 e. The molecule has 6 atom stereocenters. The molecule has 0 aliphatic heterocycles. The van der Waals surface area contributed by atoms with Gasteiger partial charge in [0.25, 0.3) is 0 Å². The summed E-state index contributed by atoms with van der Waals surface area (Å²) in [6, 6.07) is 0. The van der Waals surface area contributed by atoms with E-state index in [1.54, 1.807) is 0 Å². The summed E-state index contributed by atoms with van der Waals surface area (Å²) in [5.74, 6) is 1.82. The van der Waals surface area contributed by atoms with Crippen molar-refractivity contribution in [2.75, 3.05) is 0 Å². The van der Waals surface area contributed by atoms with Crippen molar-refractivity contribution in [3.8, 4) is 0 Å². The van der Waals surface area contributed by atoms with Gasteiger partial charge < -0.3 is 0 Å². The molecule has 5 aliphatic rings.